The third-order valence-electron chi connectivity index (χ3n) is 2.83. The second-order valence-electron chi connectivity index (χ2n) is 4.82. The Bertz CT molecular complexity index is 1060. The van der Waals surface area contributed by atoms with Crippen molar-refractivity contribution in [1.82, 2.24) is 9.55 Å². The summed E-state index contributed by atoms with van der Waals surface area (Å²) in [6.07, 6.45) is -8.93. The molecule has 0 aliphatic carbocycles. The lowest BCUT2D eigenvalue weighted by Gasteiger charge is -2.23. The summed E-state index contributed by atoms with van der Waals surface area (Å²) in [4.78, 5) is 51.0. The van der Waals surface area contributed by atoms with Gasteiger partial charge in [-0.25, -0.2) is 18.3 Å². The number of H-pyrrole nitrogens is 1. The van der Waals surface area contributed by atoms with E-state index in [-0.39, 0.29) is 4.57 Å². The number of rotatable bonds is 6. The van der Waals surface area contributed by atoms with E-state index >= 15 is 4.39 Å². The summed E-state index contributed by atoms with van der Waals surface area (Å²) in [5.41, 5.74) is -2.68. The van der Waals surface area contributed by atoms with Gasteiger partial charge < -0.3 is 29.6 Å². The van der Waals surface area contributed by atoms with Gasteiger partial charge in [0.2, 0.25) is 0 Å². The van der Waals surface area contributed by atoms with Crippen LogP contribution in [-0.4, -0.2) is 59.1 Å². The van der Waals surface area contributed by atoms with Gasteiger partial charge in [0.15, 0.2) is 6.20 Å². The number of hydrogen-bond acceptors (Lipinski definition) is 9. The van der Waals surface area contributed by atoms with E-state index in [1.807, 2.05) is 0 Å². The largest absolute Gasteiger partial charge is 0.481 e. The van der Waals surface area contributed by atoms with Crippen LogP contribution in [-0.2, 0) is 22.7 Å². The molecular formula is C9H12ClFN2O12P2. The van der Waals surface area contributed by atoms with E-state index < -0.39 is 62.7 Å². The Labute approximate surface area is 156 Å². The highest BCUT2D eigenvalue weighted by Gasteiger charge is 2.57. The van der Waals surface area contributed by atoms with Crippen molar-refractivity contribution in [1.29, 1.82) is 0 Å². The lowest BCUT2D eigenvalue weighted by Crippen LogP contribution is -2.43. The van der Waals surface area contributed by atoms with Crippen molar-refractivity contribution in [2.45, 2.75) is 24.3 Å². The minimum absolute atomic E-state index is 0.0350. The molecule has 27 heavy (non-hydrogen) atoms. The molecule has 1 fully saturated rings. The zero-order chi connectivity index (χ0) is 23.5. The Hall–Kier alpha value is -0.960. The highest BCUT2D eigenvalue weighted by atomic mass is 35.5. The van der Waals surface area contributed by atoms with Crippen LogP contribution in [0.15, 0.2) is 15.8 Å². The van der Waals surface area contributed by atoms with Crippen LogP contribution in [0, 0.1) is 0 Å². The van der Waals surface area contributed by atoms with E-state index in [0.29, 0.717) is 6.20 Å². The second kappa shape index (κ2) is 7.46. The molecule has 1 aliphatic rings. The number of aliphatic hydroxyl groups is 2. The van der Waals surface area contributed by atoms with Crippen molar-refractivity contribution < 1.29 is 56.1 Å². The summed E-state index contributed by atoms with van der Waals surface area (Å²) in [6, 6.07) is 0. The molecule has 0 saturated carbocycles. The van der Waals surface area contributed by atoms with Crippen LogP contribution in [0.5, 0.6) is 0 Å². The summed E-state index contributed by atoms with van der Waals surface area (Å²) in [6.45, 7) is -4.33. The predicted molar refractivity (Wildman–Crippen MR) is 81.2 cm³/mol. The zero-order valence-corrected chi connectivity index (χ0v) is 15.0. The standard InChI is InChI=1S/C9H12ClFN2O12P2/c10-3-1-13(8(17)12-6(3)16)7-4(14)5(15)9(11,24-7)2-23-27(21,22)25-26(18,19)20/h1,4-5,7,14-15H,2H2,(H,21,22)(H,12,16,17)(H2,18,19,20)/t4-,5+,7-,9-/m1/s1/i2D2,7D. The molecule has 14 nitrogen and oxygen atoms in total. The van der Waals surface area contributed by atoms with Crippen molar-refractivity contribution in [2.24, 2.45) is 0 Å². The summed E-state index contributed by atoms with van der Waals surface area (Å²) in [5.74, 6) is -4.41. The number of ether oxygens (including phenoxy) is 1. The Morgan fingerprint density at radius 1 is 1.44 bits per heavy atom. The molecule has 1 saturated heterocycles. The first-order chi connectivity index (χ1) is 13.3. The van der Waals surface area contributed by atoms with Crippen LogP contribution in [0.2, 0.25) is 5.02 Å². The first kappa shape index (κ1) is 18.1. The minimum atomic E-state index is -6.06. The lowest BCUT2D eigenvalue weighted by molar-refractivity contribution is -0.204. The maximum absolute atomic E-state index is 15.2. The topological polar surface area (TPSA) is 218 Å². The summed E-state index contributed by atoms with van der Waals surface area (Å²) < 4.78 is 71.6. The van der Waals surface area contributed by atoms with E-state index in [0.717, 1.165) is 0 Å². The molecule has 1 aromatic rings. The van der Waals surface area contributed by atoms with Crippen LogP contribution in [0.4, 0.5) is 4.39 Å². The van der Waals surface area contributed by atoms with Crippen LogP contribution in [0.3, 0.4) is 0 Å². The highest BCUT2D eigenvalue weighted by molar-refractivity contribution is 7.60. The number of nitrogens with one attached hydrogen (secondary N) is 1. The molecule has 2 heterocycles. The van der Waals surface area contributed by atoms with E-state index in [1.54, 1.807) is 4.98 Å². The number of phosphoric ester groups is 1. The summed E-state index contributed by atoms with van der Waals surface area (Å²) in [5, 5.41) is 19.2. The summed E-state index contributed by atoms with van der Waals surface area (Å²) >= 11 is 5.48. The molecule has 0 bridgehead atoms. The number of aromatic amines is 1. The van der Waals surface area contributed by atoms with Gasteiger partial charge in [0.1, 0.15) is 23.8 Å². The smallest absolute Gasteiger partial charge is 0.385 e. The number of nitrogens with zero attached hydrogens (tertiary/aromatic N) is 1. The molecule has 5 atom stereocenters. The quantitative estimate of drug-likeness (QED) is 0.263. The highest BCUT2D eigenvalue weighted by Crippen LogP contribution is 2.58. The van der Waals surface area contributed by atoms with Gasteiger partial charge in [-0.1, -0.05) is 11.6 Å². The van der Waals surface area contributed by atoms with Gasteiger partial charge in [-0.15, -0.1) is 0 Å². The predicted octanol–water partition coefficient (Wildman–Crippen LogP) is -1.67. The Morgan fingerprint density at radius 3 is 2.59 bits per heavy atom. The monoisotopic (exact) mass is 459 g/mol. The van der Waals surface area contributed by atoms with Crippen molar-refractivity contribution in [3.63, 3.8) is 0 Å². The fourth-order valence-electron chi connectivity index (χ4n) is 1.77. The number of alkyl halides is 1. The zero-order valence-electron chi connectivity index (χ0n) is 15.4. The van der Waals surface area contributed by atoms with E-state index in [9.17, 15) is 33.8 Å². The fourth-order valence-corrected chi connectivity index (χ4v) is 3.36. The molecule has 6 N–H and O–H groups in total. The fraction of sp³-hybridized carbons (Fsp3) is 0.556. The molecule has 154 valence electrons. The van der Waals surface area contributed by atoms with Gasteiger partial charge in [-0.3, -0.25) is 18.9 Å². The average Bonchev–Trinajstić information content (AvgIpc) is 2.70. The maximum atomic E-state index is 15.2. The Balaban J connectivity index is 2.51. The van der Waals surface area contributed by atoms with Gasteiger partial charge in [0, 0.05) is 6.20 Å². The van der Waals surface area contributed by atoms with Crippen molar-refractivity contribution in [3.8, 4) is 0 Å². The minimum Gasteiger partial charge on any atom is -0.385 e. The molecule has 1 aromatic heterocycles. The molecule has 2 rings (SSSR count). The molecular weight excluding hydrogens is 445 g/mol. The Morgan fingerprint density at radius 2 is 2.04 bits per heavy atom. The molecule has 0 spiro atoms. The number of halogens is 2. The van der Waals surface area contributed by atoms with Gasteiger partial charge in [0.05, 0.1) is 4.11 Å². The molecule has 1 unspecified atom stereocenters. The molecule has 0 aromatic carbocycles. The van der Waals surface area contributed by atoms with Crippen molar-refractivity contribution in [3.05, 3.63) is 32.1 Å². The lowest BCUT2D eigenvalue weighted by atomic mass is 10.1. The number of aliphatic hydroxyl groups excluding tert-OH is 2. The normalized spacial score (nSPS) is 35.9. The summed E-state index contributed by atoms with van der Waals surface area (Å²) in [7, 11) is -11.8. The first-order valence-corrected chi connectivity index (χ1v) is 9.74. The Kier molecular flexibility index (Phi) is 5.00. The van der Waals surface area contributed by atoms with E-state index in [2.05, 4.69) is 13.6 Å². The van der Waals surface area contributed by atoms with Gasteiger partial charge in [-0.05, 0) is 0 Å². The molecule has 0 amide bonds. The van der Waals surface area contributed by atoms with Crippen LogP contribution in [0.25, 0.3) is 0 Å². The number of aromatic nitrogens is 2. The van der Waals surface area contributed by atoms with Gasteiger partial charge in [-0.2, -0.15) is 4.31 Å². The number of hydrogen-bond donors (Lipinski definition) is 6. The van der Waals surface area contributed by atoms with Crippen LogP contribution >= 0.6 is 27.2 Å². The molecule has 0 radical (unpaired) electrons. The first-order valence-electron chi connectivity index (χ1n) is 7.83. The molecule has 1 aliphatic heterocycles. The van der Waals surface area contributed by atoms with Crippen LogP contribution in [0.1, 0.15) is 10.3 Å². The van der Waals surface area contributed by atoms with E-state index in [1.165, 1.54) is 0 Å². The van der Waals surface area contributed by atoms with Gasteiger partial charge in [0.25, 0.3) is 11.4 Å². The SMILES string of the molecule is [2H]C([2H])(OP(=O)(O)OP(=O)(O)O)[C@@]1(F)O[C@@]([2H])(n2cc(Cl)c(=O)[nH]c2=O)[C@H](O)[C@@H]1O. The third-order valence-corrected chi connectivity index (χ3v) is 5.10. The molecule has 18 heteroatoms. The third kappa shape index (κ3) is 5.10. The van der Waals surface area contributed by atoms with Crippen molar-refractivity contribution in [2.75, 3.05) is 6.56 Å². The van der Waals surface area contributed by atoms with E-state index in [4.69, 9.17) is 25.5 Å². The van der Waals surface area contributed by atoms with Gasteiger partial charge >= 0.3 is 21.3 Å². The number of phosphoric acid groups is 2. The average molecular weight is 460 g/mol. The van der Waals surface area contributed by atoms with Crippen molar-refractivity contribution >= 4 is 27.2 Å². The second-order valence-corrected chi connectivity index (χ2v) is 7.98. The van der Waals surface area contributed by atoms with Crippen LogP contribution < -0.4 is 11.2 Å². The maximum Gasteiger partial charge on any atom is 0.481 e.